The first-order valence-electron chi connectivity index (χ1n) is 14.9. The summed E-state index contributed by atoms with van der Waals surface area (Å²) in [6.45, 7) is 0.633. The highest BCUT2D eigenvalue weighted by atomic mass is 15.0. The molecule has 0 aliphatic carbocycles. The molecule has 1 N–H and O–H groups in total. The molecule has 0 bridgehead atoms. The summed E-state index contributed by atoms with van der Waals surface area (Å²) in [5.74, 6) is 0. The number of rotatable bonds is 5. The van der Waals surface area contributed by atoms with Crippen molar-refractivity contribution in [1.82, 2.24) is 10.3 Å². The third kappa shape index (κ3) is 5.05. The molecule has 0 atom stereocenters. The highest BCUT2D eigenvalue weighted by Gasteiger charge is 2.12. The van der Waals surface area contributed by atoms with Gasteiger partial charge in [0, 0.05) is 29.1 Å². The maximum atomic E-state index is 5.23. The summed E-state index contributed by atoms with van der Waals surface area (Å²) in [6, 6.07) is 52.1. The zero-order valence-corrected chi connectivity index (χ0v) is 24.1. The van der Waals surface area contributed by atoms with Gasteiger partial charge in [0.25, 0.3) is 0 Å². The summed E-state index contributed by atoms with van der Waals surface area (Å²) in [7, 11) is 0. The molecule has 0 spiro atoms. The molecule has 44 heavy (non-hydrogen) atoms. The van der Waals surface area contributed by atoms with E-state index in [2.05, 4.69) is 156 Å². The Morgan fingerprint density at radius 1 is 0.409 bits per heavy atom. The highest BCUT2D eigenvalue weighted by Crippen LogP contribution is 2.34. The van der Waals surface area contributed by atoms with Gasteiger partial charge in [-0.05, 0) is 79.7 Å². The standard InChI is InChI=1S/C41H29N3/c1-3-8-32-21-36(18-16-28(32)6-1)40-23-38(24-41(44-40)37-19-17-29-7-2-4-9-33(29)22-37)35-11-5-10-34(20-35)30-12-14-31(15-13-30)39-25-42-27-43-26-39/h1-26,42H,27H2. The second-order valence-electron chi connectivity index (χ2n) is 11.2. The third-order valence-corrected chi connectivity index (χ3v) is 8.33. The van der Waals surface area contributed by atoms with Crippen LogP contribution in [-0.4, -0.2) is 17.9 Å². The molecule has 6 aromatic carbocycles. The first-order chi connectivity index (χ1) is 21.8. The minimum absolute atomic E-state index is 0.633. The summed E-state index contributed by atoms with van der Waals surface area (Å²) in [5, 5.41) is 8.06. The summed E-state index contributed by atoms with van der Waals surface area (Å²) in [4.78, 5) is 9.57. The smallest absolute Gasteiger partial charge is 0.107 e. The van der Waals surface area contributed by atoms with Gasteiger partial charge in [0.1, 0.15) is 6.67 Å². The van der Waals surface area contributed by atoms with E-state index in [0.29, 0.717) is 6.67 Å². The van der Waals surface area contributed by atoms with Crippen LogP contribution in [-0.2, 0) is 0 Å². The average Bonchev–Trinajstić information content (AvgIpc) is 3.11. The van der Waals surface area contributed by atoms with Gasteiger partial charge in [-0.1, -0.05) is 115 Å². The van der Waals surface area contributed by atoms with Crippen LogP contribution in [0.3, 0.4) is 0 Å². The number of aliphatic imine (C=N–C) groups is 1. The van der Waals surface area contributed by atoms with E-state index in [4.69, 9.17) is 4.98 Å². The van der Waals surface area contributed by atoms with E-state index in [1.807, 2.05) is 12.4 Å². The van der Waals surface area contributed by atoms with Crippen LogP contribution in [0.5, 0.6) is 0 Å². The fraction of sp³-hybridized carbons (Fsp3) is 0.0244. The molecule has 208 valence electrons. The SMILES string of the molecule is C1=NCNC=C1c1ccc(-c2cccc(-c3cc(-c4ccc5ccccc5c4)nc(-c4ccc5ccccc5c4)c3)c2)cc1. The van der Waals surface area contributed by atoms with Crippen molar-refractivity contribution in [3.63, 3.8) is 0 Å². The summed E-state index contributed by atoms with van der Waals surface area (Å²) >= 11 is 0. The van der Waals surface area contributed by atoms with Crippen molar-refractivity contribution < 1.29 is 0 Å². The third-order valence-electron chi connectivity index (χ3n) is 8.33. The highest BCUT2D eigenvalue weighted by molar-refractivity contribution is 6.10. The van der Waals surface area contributed by atoms with Gasteiger partial charge in [0.05, 0.1) is 11.4 Å². The average molecular weight is 564 g/mol. The van der Waals surface area contributed by atoms with Gasteiger partial charge >= 0.3 is 0 Å². The number of hydrogen-bond donors (Lipinski definition) is 1. The Hall–Kier alpha value is -5.80. The maximum Gasteiger partial charge on any atom is 0.107 e. The van der Waals surface area contributed by atoms with Crippen molar-refractivity contribution in [2.75, 3.05) is 6.67 Å². The maximum absolute atomic E-state index is 5.23. The predicted molar refractivity (Wildman–Crippen MR) is 185 cm³/mol. The first kappa shape index (κ1) is 25.9. The Kier molecular flexibility index (Phi) is 6.54. The van der Waals surface area contributed by atoms with Crippen molar-refractivity contribution >= 4 is 33.3 Å². The van der Waals surface area contributed by atoms with Crippen molar-refractivity contribution in [2.24, 2.45) is 4.99 Å². The molecule has 1 aliphatic rings. The monoisotopic (exact) mass is 563 g/mol. The molecule has 8 rings (SSSR count). The van der Waals surface area contributed by atoms with Crippen LogP contribution >= 0.6 is 0 Å². The van der Waals surface area contributed by atoms with Crippen LogP contribution < -0.4 is 5.32 Å². The van der Waals surface area contributed by atoms with Crippen molar-refractivity contribution in [1.29, 1.82) is 0 Å². The van der Waals surface area contributed by atoms with E-state index in [9.17, 15) is 0 Å². The molecule has 7 aromatic rings. The molecular formula is C41H29N3. The molecule has 0 saturated carbocycles. The van der Waals surface area contributed by atoms with Crippen molar-refractivity contribution in [3.8, 4) is 44.8 Å². The van der Waals surface area contributed by atoms with Crippen molar-refractivity contribution in [2.45, 2.75) is 0 Å². The molecule has 1 aromatic heterocycles. The second-order valence-corrected chi connectivity index (χ2v) is 11.2. The van der Waals surface area contributed by atoms with Gasteiger partial charge in [-0.25, -0.2) is 4.98 Å². The second kappa shape index (κ2) is 11.1. The molecule has 3 nitrogen and oxygen atoms in total. The van der Waals surface area contributed by atoms with Gasteiger partial charge in [-0.15, -0.1) is 0 Å². The van der Waals surface area contributed by atoms with E-state index in [-0.39, 0.29) is 0 Å². The molecule has 1 aliphatic heterocycles. The lowest BCUT2D eigenvalue weighted by Crippen LogP contribution is -2.10. The van der Waals surface area contributed by atoms with Gasteiger partial charge in [0.2, 0.25) is 0 Å². The van der Waals surface area contributed by atoms with Crippen molar-refractivity contribution in [3.05, 3.63) is 157 Å². The van der Waals surface area contributed by atoms with Crippen LogP contribution in [0.25, 0.3) is 71.9 Å². The summed E-state index contributed by atoms with van der Waals surface area (Å²) in [5.41, 5.74) is 11.0. The zero-order chi connectivity index (χ0) is 29.3. The Balaban J connectivity index is 1.23. The lowest BCUT2D eigenvalue weighted by atomic mass is 9.95. The fourth-order valence-electron chi connectivity index (χ4n) is 5.97. The van der Waals surface area contributed by atoms with E-state index in [1.165, 1.54) is 32.7 Å². The minimum Gasteiger partial charge on any atom is -0.372 e. The normalized spacial score (nSPS) is 12.7. The van der Waals surface area contributed by atoms with Gasteiger partial charge < -0.3 is 5.32 Å². The molecule has 3 heteroatoms. The van der Waals surface area contributed by atoms with E-state index in [1.54, 1.807) is 0 Å². The van der Waals surface area contributed by atoms with Crippen LogP contribution in [0.1, 0.15) is 5.56 Å². The van der Waals surface area contributed by atoms with Gasteiger partial charge in [-0.2, -0.15) is 0 Å². The van der Waals surface area contributed by atoms with E-state index >= 15 is 0 Å². The molecular weight excluding hydrogens is 534 g/mol. The molecule has 0 radical (unpaired) electrons. The Bertz CT molecular complexity index is 2130. The molecule has 0 unspecified atom stereocenters. The number of pyridine rings is 1. The lowest BCUT2D eigenvalue weighted by molar-refractivity contribution is 0.882. The minimum atomic E-state index is 0.633. The topological polar surface area (TPSA) is 37.3 Å². The molecule has 0 amide bonds. The van der Waals surface area contributed by atoms with Crippen LogP contribution in [0.15, 0.2) is 157 Å². The Labute approximate surface area is 256 Å². The first-order valence-corrected chi connectivity index (χ1v) is 14.9. The number of fused-ring (bicyclic) bond motifs is 2. The predicted octanol–water partition coefficient (Wildman–Crippen LogP) is 10.0. The van der Waals surface area contributed by atoms with E-state index < -0.39 is 0 Å². The fourth-order valence-corrected chi connectivity index (χ4v) is 5.97. The Morgan fingerprint density at radius 3 is 1.55 bits per heavy atom. The number of nitrogens with one attached hydrogen (secondary N) is 1. The number of aromatic nitrogens is 1. The molecule has 2 heterocycles. The van der Waals surface area contributed by atoms with E-state index in [0.717, 1.165) is 44.8 Å². The molecule has 0 saturated heterocycles. The van der Waals surface area contributed by atoms with Gasteiger partial charge in [0.15, 0.2) is 0 Å². The van der Waals surface area contributed by atoms with Gasteiger partial charge in [-0.3, -0.25) is 4.99 Å². The number of allylic oxidation sites excluding steroid dienone is 1. The van der Waals surface area contributed by atoms with Crippen LogP contribution in [0.4, 0.5) is 0 Å². The van der Waals surface area contributed by atoms with Crippen LogP contribution in [0, 0.1) is 0 Å². The summed E-state index contributed by atoms with van der Waals surface area (Å²) < 4.78 is 0. The zero-order valence-electron chi connectivity index (χ0n) is 24.1. The number of benzene rings is 6. The number of hydrogen-bond acceptors (Lipinski definition) is 3. The summed E-state index contributed by atoms with van der Waals surface area (Å²) in [6.07, 6.45) is 3.95. The lowest BCUT2D eigenvalue weighted by Gasteiger charge is -2.13. The largest absolute Gasteiger partial charge is 0.372 e. The van der Waals surface area contributed by atoms with Crippen LogP contribution in [0.2, 0.25) is 0 Å². The quantitative estimate of drug-likeness (QED) is 0.226. The molecule has 0 fully saturated rings. The Morgan fingerprint density at radius 2 is 0.955 bits per heavy atom. The number of nitrogens with zero attached hydrogens (tertiary/aromatic N) is 2.